The highest BCUT2D eigenvalue weighted by atomic mass is 16.5. The molecule has 1 nitrogen and oxygen atoms in total. The van der Waals surface area contributed by atoms with E-state index in [1.54, 1.807) is 0 Å². The molecule has 0 saturated carbocycles. The molecule has 3 aromatic rings. The van der Waals surface area contributed by atoms with Crippen LogP contribution in [0, 0.1) is 6.92 Å². The van der Waals surface area contributed by atoms with Gasteiger partial charge in [0.2, 0.25) is 0 Å². The van der Waals surface area contributed by atoms with Crippen LogP contribution >= 0.6 is 0 Å². The molecule has 0 saturated heterocycles. The van der Waals surface area contributed by atoms with Gasteiger partial charge in [0.05, 0.1) is 0 Å². The van der Waals surface area contributed by atoms with Crippen LogP contribution < -0.4 is 4.74 Å². The zero-order valence-electron chi connectivity index (χ0n) is 11.3. The molecule has 1 aliphatic rings. The predicted molar refractivity (Wildman–Crippen MR) is 83.6 cm³/mol. The van der Waals surface area contributed by atoms with Gasteiger partial charge in [-0.05, 0) is 35.6 Å². The van der Waals surface area contributed by atoms with Gasteiger partial charge in [-0.1, -0.05) is 54.6 Å². The van der Waals surface area contributed by atoms with Crippen LogP contribution in [-0.4, -0.2) is 0 Å². The maximum atomic E-state index is 6.13. The Morgan fingerprint density at radius 3 is 2.45 bits per heavy atom. The lowest BCUT2D eigenvalue weighted by Gasteiger charge is -2.20. The minimum Gasteiger partial charge on any atom is -0.456 e. The Labute approximate surface area is 118 Å². The summed E-state index contributed by atoms with van der Waals surface area (Å²) < 4.78 is 6.13. The molecular formula is C19H14O. The molecule has 0 amide bonds. The van der Waals surface area contributed by atoms with E-state index >= 15 is 0 Å². The second-order valence-corrected chi connectivity index (χ2v) is 5.13. The van der Waals surface area contributed by atoms with E-state index in [9.17, 15) is 0 Å². The molecule has 0 aliphatic carbocycles. The average Bonchev–Trinajstić information content (AvgIpc) is 2.48. The maximum Gasteiger partial charge on any atom is 0.135 e. The summed E-state index contributed by atoms with van der Waals surface area (Å²) in [7, 11) is 0. The number of hydrogen-bond acceptors (Lipinski definition) is 1. The van der Waals surface area contributed by atoms with Crippen LogP contribution in [0.1, 0.15) is 16.7 Å². The van der Waals surface area contributed by atoms with Gasteiger partial charge in [-0.25, -0.2) is 0 Å². The molecule has 3 aromatic carbocycles. The summed E-state index contributed by atoms with van der Waals surface area (Å²) in [5.74, 6) is 1.87. The number of rotatable bonds is 1. The molecule has 0 unspecified atom stereocenters. The van der Waals surface area contributed by atoms with E-state index in [-0.39, 0.29) is 0 Å². The summed E-state index contributed by atoms with van der Waals surface area (Å²) in [6.45, 7) is 2.11. The molecule has 0 bridgehead atoms. The molecule has 0 aromatic heterocycles. The first-order chi connectivity index (χ1) is 9.83. The van der Waals surface area contributed by atoms with Gasteiger partial charge in [0.1, 0.15) is 11.5 Å². The van der Waals surface area contributed by atoms with Gasteiger partial charge in [0, 0.05) is 10.9 Å². The molecule has 96 valence electrons. The van der Waals surface area contributed by atoms with Crippen molar-refractivity contribution in [3.8, 4) is 5.75 Å². The molecule has 4 rings (SSSR count). The van der Waals surface area contributed by atoms with E-state index in [4.69, 9.17) is 4.74 Å². The highest BCUT2D eigenvalue weighted by molar-refractivity contribution is 6.01. The van der Waals surface area contributed by atoms with Gasteiger partial charge in [-0.3, -0.25) is 0 Å². The Bertz CT molecular complexity index is 838. The van der Waals surface area contributed by atoms with Crippen molar-refractivity contribution in [1.29, 1.82) is 0 Å². The Morgan fingerprint density at radius 1 is 0.800 bits per heavy atom. The molecule has 0 atom stereocenters. The monoisotopic (exact) mass is 258 g/mol. The van der Waals surface area contributed by atoms with Gasteiger partial charge in [-0.15, -0.1) is 0 Å². The zero-order valence-corrected chi connectivity index (χ0v) is 11.3. The van der Waals surface area contributed by atoms with Crippen molar-refractivity contribution in [3.63, 3.8) is 0 Å². The molecule has 0 radical (unpaired) electrons. The van der Waals surface area contributed by atoms with Crippen LogP contribution in [0.15, 0.2) is 60.7 Å². The van der Waals surface area contributed by atoms with Crippen molar-refractivity contribution < 1.29 is 4.74 Å². The highest BCUT2D eigenvalue weighted by Gasteiger charge is 2.16. The molecule has 0 fully saturated rings. The van der Waals surface area contributed by atoms with Gasteiger partial charge in [-0.2, -0.15) is 0 Å². The summed E-state index contributed by atoms with van der Waals surface area (Å²) in [5.41, 5.74) is 3.60. The number of benzene rings is 3. The van der Waals surface area contributed by atoms with Gasteiger partial charge in [0.25, 0.3) is 0 Å². The van der Waals surface area contributed by atoms with E-state index < -0.39 is 0 Å². The topological polar surface area (TPSA) is 9.23 Å². The molecular weight excluding hydrogens is 244 g/mol. The van der Waals surface area contributed by atoms with Crippen molar-refractivity contribution >= 4 is 22.6 Å². The van der Waals surface area contributed by atoms with Crippen molar-refractivity contribution in [1.82, 2.24) is 0 Å². The second-order valence-electron chi connectivity index (χ2n) is 5.13. The third kappa shape index (κ3) is 1.64. The molecule has 0 N–H and O–H groups in total. The van der Waals surface area contributed by atoms with E-state index in [0.717, 1.165) is 17.1 Å². The molecule has 1 heteroatoms. The summed E-state index contributed by atoms with van der Waals surface area (Å²) in [4.78, 5) is 0. The SMILES string of the molecule is Cc1ccccc1C1=Cc2cccc3cccc(c23)O1. The van der Waals surface area contributed by atoms with Crippen molar-refractivity contribution in [2.24, 2.45) is 0 Å². The molecule has 1 aliphatic heterocycles. The van der Waals surface area contributed by atoms with Crippen molar-refractivity contribution in [3.05, 3.63) is 77.4 Å². The van der Waals surface area contributed by atoms with E-state index in [1.165, 1.54) is 21.9 Å². The second kappa shape index (κ2) is 4.24. The molecule has 20 heavy (non-hydrogen) atoms. The average molecular weight is 258 g/mol. The quantitative estimate of drug-likeness (QED) is 0.594. The number of aryl methyl sites for hydroxylation is 1. The fourth-order valence-corrected chi connectivity index (χ4v) is 2.81. The first kappa shape index (κ1) is 11.3. The Kier molecular flexibility index (Phi) is 2.40. The van der Waals surface area contributed by atoms with Crippen LogP contribution in [0.25, 0.3) is 22.6 Å². The standard InChI is InChI=1S/C19H14O/c1-13-6-2-3-10-16(13)18-12-15-9-4-7-14-8-5-11-17(20-18)19(14)15/h2-12H,1H3. The normalized spacial score (nSPS) is 12.9. The number of ether oxygens (including phenoxy) is 1. The lowest BCUT2D eigenvalue weighted by molar-refractivity contribution is 0.521. The zero-order chi connectivity index (χ0) is 13.5. The summed E-state index contributed by atoms with van der Waals surface area (Å²) in [6, 6.07) is 20.9. The van der Waals surface area contributed by atoms with Crippen LogP contribution in [-0.2, 0) is 0 Å². The minimum atomic E-state index is 0.925. The van der Waals surface area contributed by atoms with Crippen LogP contribution in [0.2, 0.25) is 0 Å². The Morgan fingerprint density at radius 2 is 1.60 bits per heavy atom. The number of hydrogen-bond donors (Lipinski definition) is 0. The van der Waals surface area contributed by atoms with Crippen LogP contribution in [0.5, 0.6) is 5.75 Å². The van der Waals surface area contributed by atoms with Crippen LogP contribution in [0.4, 0.5) is 0 Å². The van der Waals surface area contributed by atoms with E-state index in [1.807, 2.05) is 18.2 Å². The third-order valence-electron chi connectivity index (χ3n) is 3.82. The lowest BCUT2D eigenvalue weighted by atomic mass is 9.98. The van der Waals surface area contributed by atoms with E-state index in [2.05, 4.69) is 55.5 Å². The first-order valence-electron chi connectivity index (χ1n) is 6.80. The van der Waals surface area contributed by atoms with Crippen LogP contribution in [0.3, 0.4) is 0 Å². The van der Waals surface area contributed by atoms with Crippen molar-refractivity contribution in [2.75, 3.05) is 0 Å². The summed E-state index contributed by atoms with van der Waals surface area (Å²) >= 11 is 0. The molecule has 1 heterocycles. The summed E-state index contributed by atoms with van der Waals surface area (Å²) in [5, 5.41) is 2.42. The minimum absolute atomic E-state index is 0.925. The van der Waals surface area contributed by atoms with E-state index in [0.29, 0.717) is 0 Å². The Balaban J connectivity index is 1.97. The summed E-state index contributed by atoms with van der Waals surface area (Å²) in [6.07, 6.45) is 2.14. The predicted octanol–water partition coefficient (Wildman–Crippen LogP) is 5.04. The third-order valence-corrected chi connectivity index (χ3v) is 3.82. The lowest BCUT2D eigenvalue weighted by Crippen LogP contribution is -2.02. The Hall–Kier alpha value is -2.54. The molecule has 0 spiro atoms. The fraction of sp³-hybridized carbons (Fsp3) is 0.0526. The van der Waals surface area contributed by atoms with Gasteiger partial charge >= 0.3 is 0 Å². The largest absolute Gasteiger partial charge is 0.456 e. The highest BCUT2D eigenvalue weighted by Crippen LogP contribution is 2.38. The van der Waals surface area contributed by atoms with Crippen molar-refractivity contribution in [2.45, 2.75) is 6.92 Å². The fourth-order valence-electron chi connectivity index (χ4n) is 2.81. The van der Waals surface area contributed by atoms with Gasteiger partial charge < -0.3 is 4.74 Å². The smallest absolute Gasteiger partial charge is 0.135 e. The maximum absolute atomic E-state index is 6.13. The van der Waals surface area contributed by atoms with Gasteiger partial charge in [0.15, 0.2) is 0 Å². The first-order valence-corrected chi connectivity index (χ1v) is 6.80.